The van der Waals surface area contributed by atoms with E-state index in [1.807, 2.05) is 19.9 Å². The molecule has 0 aliphatic rings. The van der Waals surface area contributed by atoms with Gasteiger partial charge in [0.05, 0.1) is 23.0 Å². The van der Waals surface area contributed by atoms with Gasteiger partial charge in [0.25, 0.3) is 0 Å². The number of likely N-dealkylation sites (N-methyl/N-ethyl adjacent to an activating group) is 1. The van der Waals surface area contributed by atoms with Gasteiger partial charge in [-0.05, 0) is 24.5 Å². The summed E-state index contributed by atoms with van der Waals surface area (Å²) < 4.78 is 15.4. The maximum atomic E-state index is 10.9. The number of anilines is 1. The molecule has 0 aliphatic carbocycles. The molecule has 0 amide bonds. The van der Waals surface area contributed by atoms with Crippen molar-refractivity contribution in [1.29, 1.82) is 10.5 Å². The molecule has 1 aromatic rings. The molecule has 0 aromatic carbocycles. The Balaban J connectivity index is 3.51. The first-order valence-electron chi connectivity index (χ1n) is 9.21. The molecule has 0 saturated carbocycles. The number of phosphoric ester groups is 1. The molecule has 0 spiro atoms. The molecule has 0 radical (unpaired) electrons. The molecule has 1 atom stereocenters. The molecule has 0 aliphatic heterocycles. The van der Waals surface area contributed by atoms with E-state index in [4.69, 9.17) is 15.5 Å². The van der Waals surface area contributed by atoms with Gasteiger partial charge in [-0.3, -0.25) is 4.52 Å². The van der Waals surface area contributed by atoms with Gasteiger partial charge in [-0.15, -0.1) is 0 Å². The second-order valence-electron chi connectivity index (χ2n) is 6.44. The van der Waals surface area contributed by atoms with Crippen LogP contribution in [0.25, 0.3) is 0 Å². The van der Waals surface area contributed by atoms with Gasteiger partial charge in [0, 0.05) is 19.3 Å². The van der Waals surface area contributed by atoms with Gasteiger partial charge < -0.3 is 20.4 Å². The molecule has 1 aromatic heterocycles. The highest BCUT2D eigenvalue weighted by Gasteiger charge is 2.25. The van der Waals surface area contributed by atoms with E-state index in [1.54, 1.807) is 18.0 Å². The molecule has 1 unspecified atom stereocenters. The number of hydrogen-bond donors (Lipinski definition) is 3. The topological polar surface area (TPSA) is 156 Å². The second kappa shape index (κ2) is 11.7. The van der Waals surface area contributed by atoms with E-state index in [0.29, 0.717) is 28.3 Å². The SMILES string of the molecule is C=C(N)C(Sc1nc(N(C)CCOP(=O)(O)O)c(C#N)c(CC)c1C#N)C(=C)/C=C\C. The Kier molecular flexibility index (Phi) is 9.99. The van der Waals surface area contributed by atoms with Gasteiger partial charge >= 0.3 is 7.82 Å². The van der Waals surface area contributed by atoms with Crippen LogP contribution in [0.5, 0.6) is 0 Å². The molecule has 11 heteroatoms. The van der Waals surface area contributed by atoms with Gasteiger partial charge in [-0.25, -0.2) is 9.55 Å². The number of phosphoric acid groups is 1. The van der Waals surface area contributed by atoms with E-state index in [1.165, 1.54) is 11.8 Å². The van der Waals surface area contributed by atoms with E-state index < -0.39 is 13.1 Å². The quantitative estimate of drug-likeness (QED) is 0.253. The highest BCUT2D eigenvalue weighted by molar-refractivity contribution is 8.00. The largest absolute Gasteiger partial charge is 0.469 e. The number of allylic oxidation sites excluding steroid dienone is 2. The Morgan fingerprint density at radius 3 is 2.45 bits per heavy atom. The average Bonchev–Trinajstić information content (AvgIpc) is 2.69. The van der Waals surface area contributed by atoms with Crippen molar-refractivity contribution in [1.82, 2.24) is 4.98 Å². The van der Waals surface area contributed by atoms with Crippen LogP contribution in [-0.4, -0.2) is 40.2 Å². The number of hydrogen-bond acceptors (Lipinski definition) is 8. The third-order valence-electron chi connectivity index (χ3n) is 4.16. The zero-order valence-corrected chi connectivity index (χ0v) is 19.4. The molecule has 4 N–H and O–H groups in total. The van der Waals surface area contributed by atoms with Crippen LogP contribution in [0.15, 0.2) is 41.6 Å². The van der Waals surface area contributed by atoms with E-state index in [9.17, 15) is 15.1 Å². The zero-order valence-electron chi connectivity index (χ0n) is 17.7. The Labute approximate surface area is 186 Å². The summed E-state index contributed by atoms with van der Waals surface area (Å²) in [6.45, 7) is 11.3. The summed E-state index contributed by atoms with van der Waals surface area (Å²) >= 11 is 1.20. The summed E-state index contributed by atoms with van der Waals surface area (Å²) in [5.74, 6) is 0.271. The zero-order chi connectivity index (χ0) is 23.8. The van der Waals surface area contributed by atoms with E-state index in [0.717, 1.165) is 0 Å². The predicted molar refractivity (Wildman–Crippen MR) is 121 cm³/mol. The summed E-state index contributed by atoms with van der Waals surface area (Å²) in [6, 6.07) is 4.23. The van der Waals surface area contributed by atoms with Crippen molar-refractivity contribution in [3.63, 3.8) is 0 Å². The number of nitriles is 2. The molecule has 0 saturated heterocycles. The predicted octanol–water partition coefficient (Wildman–Crippen LogP) is 3.00. The van der Waals surface area contributed by atoms with Crippen molar-refractivity contribution in [2.24, 2.45) is 5.73 Å². The van der Waals surface area contributed by atoms with Crippen molar-refractivity contribution in [2.45, 2.75) is 30.5 Å². The third kappa shape index (κ3) is 7.25. The molecule has 9 nitrogen and oxygen atoms in total. The van der Waals surface area contributed by atoms with Crippen molar-refractivity contribution in [3.05, 3.63) is 53.3 Å². The lowest BCUT2D eigenvalue weighted by molar-refractivity contribution is 0.201. The lowest BCUT2D eigenvalue weighted by Crippen LogP contribution is -2.25. The Hall–Kier alpha value is -2.59. The molecule has 1 rings (SSSR count). The highest BCUT2D eigenvalue weighted by Crippen LogP contribution is 2.37. The average molecular weight is 464 g/mol. The molecular formula is C20H26N5O4PS. The Morgan fingerprint density at radius 2 is 2.00 bits per heavy atom. The van der Waals surface area contributed by atoms with Crippen LogP contribution >= 0.6 is 19.6 Å². The van der Waals surface area contributed by atoms with Crippen LogP contribution < -0.4 is 10.6 Å². The maximum Gasteiger partial charge on any atom is 0.469 e. The summed E-state index contributed by atoms with van der Waals surface area (Å²) in [5.41, 5.74) is 8.00. The first-order chi connectivity index (χ1) is 14.5. The van der Waals surface area contributed by atoms with Crippen molar-refractivity contribution < 1.29 is 18.9 Å². The highest BCUT2D eigenvalue weighted by atomic mass is 32.2. The normalized spacial score (nSPS) is 12.2. The van der Waals surface area contributed by atoms with Crippen LogP contribution in [0.1, 0.15) is 30.5 Å². The molecule has 31 heavy (non-hydrogen) atoms. The minimum atomic E-state index is -4.62. The number of nitrogens with two attached hydrogens (primary N) is 1. The summed E-state index contributed by atoms with van der Waals surface area (Å²) in [4.78, 5) is 23.8. The van der Waals surface area contributed by atoms with Crippen molar-refractivity contribution >= 4 is 25.4 Å². The summed E-state index contributed by atoms with van der Waals surface area (Å²) in [6.07, 6.45) is 4.01. The number of thioether (sulfide) groups is 1. The molecular weight excluding hydrogens is 437 g/mol. The lowest BCUT2D eigenvalue weighted by atomic mass is 10.0. The van der Waals surface area contributed by atoms with E-state index in [2.05, 4.69) is 34.8 Å². The smallest absolute Gasteiger partial charge is 0.401 e. The second-order valence-corrected chi connectivity index (χ2v) is 8.77. The third-order valence-corrected chi connectivity index (χ3v) is 6.04. The van der Waals surface area contributed by atoms with Gasteiger partial charge in [-0.1, -0.05) is 44.0 Å². The Morgan fingerprint density at radius 1 is 1.39 bits per heavy atom. The van der Waals surface area contributed by atoms with Gasteiger partial charge in [0.2, 0.25) is 0 Å². The lowest BCUT2D eigenvalue weighted by Gasteiger charge is -2.24. The molecule has 0 bridgehead atoms. The van der Waals surface area contributed by atoms with Gasteiger partial charge in [0.1, 0.15) is 23.0 Å². The Bertz CT molecular complexity index is 1010. The first kappa shape index (κ1) is 26.4. The van der Waals surface area contributed by atoms with Gasteiger partial charge in [0.15, 0.2) is 0 Å². The fourth-order valence-electron chi connectivity index (χ4n) is 2.75. The summed E-state index contributed by atoms with van der Waals surface area (Å²) in [5, 5.41) is 19.4. The van der Waals surface area contributed by atoms with Crippen LogP contribution in [-0.2, 0) is 15.5 Å². The monoisotopic (exact) mass is 463 g/mol. The van der Waals surface area contributed by atoms with Crippen molar-refractivity contribution in [3.8, 4) is 12.1 Å². The number of aromatic nitrogens is 1. The van der Waals surface area contributed by atoms with Gasteiger partial charge in [-0.2, -0.15) is 10.5 Å². The van der Waals surface area contributed by atoms with Crippen LogP contribution in [0, 0.1) is 22.7 Å². The fourth-order valence-corrected chi connectivity index (χ4v) is 4.10. The van der Waals surface area contributed by atoms with Crippen LogP contribution in [0.4, 0.5) is 5.82 Å². The minimum Gasteiger partial charge on any atom is -0.401 e. The van der Waals surface area contributed by atoms with Crippen LogP contribution in [0.3, 0.4) is 0 Å². The maximum absolute atomic E-state index is 10.9. The number of rotatable bonds is 11. The summed E-state index contributed by atoms with van der Waals surface area (Å²) in [7, 11) is -3.00. The number of nitrogens with zero attached hydrogens (tertiary/aromatic N) is 4. The molecule has 0 fully saturated rings. The fraction of sp³-hybridized carbons (Fsp3) is 0.350. The minimum absolute atomic E-state index is 0.0598. The van der Waals surface area contributed by atoms with Crippen molar-refractivity contribution in [2.75, 3.05) is 25.1 Å². The molecule has 166 valence electrons. The molecule has 1 heterocycles. The number of pyridine rings is 1. The van der Waals surface area contributed by atoms with Crippen LogP contribution in [0.2, 0.25) is 0 Å². The first-order valence-corrected chi connectivity index (χ1v) is 11.6. The standard InChI is InChI=1S/C20H26N5O4PS/c1-6-8-13(3)18(14(4)23)31-20-17(12-22)15(7-2)16(11-21)19(24-20)25(5)9-10-29-30(26,27)28/h6,8,18H,3-4,7,9-10,23H2,1-2,5H3,(H2,26,27,28)/b8-6-. The van der Waals surface area contributed by atoms with E-state index in [-0.39, 0.29) is 30.1 Å². The van der Waals surface area contributed by atoms with E-state index >= 15 is 0 Å².